The van der Waals surface area contributed by atoms with Crippen LogP contribution in [0.15, 0.2) is 11.3 Å². The van der Waals surface area contributed by atoms with E-state index in [2.05, 4.69) is 15.0 Å². The zero-order valence-electron chi connectivity index (χ0n) is 9.56. The summed E-state index contributed by atoms with van der Waals surface area (Å²) in [7, 11) is -0.116. The van der Waals surface area contributed by atoms with Gasteiger partial charge in [-0.3, -0.25) is 4.57 Å². The number of aliphatic hydroxyl groups excluding tert-OH is 1. The lowest BCUT2D eigenvalue weighted by molar-refractivity contribution is 0.0200. The Morgan fingerprint density at radius 1 is 1.72 bits per heavy atom. The zero-order valence-corrected chi connectivity index (χ0v) is 10.5. The number of nitrogens with two attached hydrogens (primary N) is 1. The lowest BCUT2D eigenvalue weighted by atomic mass is 10.2. The van der Waals surface area contributed by atoms with Crippen LogP contribution in [0.1, 0.15) is 11.9 Å². The molecule has 8 nitrogen and oxygen atoms in total. The first-order valence-corrected chi connectivity index (χ1v) is 6.36. The van der Waals surface area contributed by atoms with Crippen LogP contribution in [0, 0.1) is 0 Å². The number of hydrogen-bond donors (Lipinski definition) is 3. The molecule has 0 aromatic carbocycles. The van der Waals surface area contributed by atoms with Gasteiger partial charge in [-0.05, 0) is 0 Å². The molecule has 98 valence electrons. The molecule has 1 aromatic rings. The van der Waals surface area contributed by atoms with Crippen LogP contribution in [-0.2, 0) is 9.30 Å². The molecule has 4 N–H and O–H groups in total. The quantitative estimate of drug-likeness (QED) is 0.625. The number of aromatic nitrogens is 2. The molecule has 1 aliphatic heterocycles. The number of hydrogen-bond acceptors (Lipinski definition) is 7. The SMILES string of the molecule is NC1c2[nH]cnc2N=CN1CC(CO)OCP=O. The number of ether oxygens (including phenoxy) is 1. The molecule has 0 bridgehead atoms. The minimum absolute atomic E-state index is 0.0424. The van der Waals surface area contributed by atoms with Crippen molar-refractivity contribution in [2.24, 2.45) is 10.7 Å². The molecular weight excluding hydrogens is 257 g/mol. The second-order valence-corrected chi connectivity index (χ2v) is 4.27. The monoisotopic (exact) mass is 271 g/mol. The van der Waals surface area contributed by atoms with E-state index in [-0.39, 0.29) is 21.4 Å². The maximum Gasteiger partial charge on any atom is 0.183 e. The average molecular weight is 271 g/mol. The summed E-state index contributed by atoms with van der Waals surface area (Å²) in [6, 6.07) is 0. The first kappa shape index (κ1) is 13.1. The van der Waals surface area contributed by atoms with E-state index in [1.165, 1.54) is 6.33 Å². The standard InChI is InChI=1S/C9H14N5O3P/c10-8-7-9(12-3-11-7)13-4-14(8)1-6(2-15)17-5-18-16/h3-4,6,8,15H,1-2,5,10H2,(H,11,12). The number of H-pyrrole nitrogens is 1. The van der Waals surface area contributed by atoms with Gasteiger partial charge in [0.05, 0.1) is 31.1 Å². The Morgan fingerprint density at radius 2 is 2.56 bits per heavy atom. The summed E-state index contributed by atoms with van der Waals surface area (Å²) in [5, 5.41) is 9.16. The number of fused-ring (bicyclic) bond motifs is 1. The Bertz CT molecular complexity index is 438. The molecule has 0 saturated heterocycles. The van der Waals surface area contributed by atoms with Crippen LogP contribution in [0.3, 0.4) is 0 Å². The Morgan fingerprint density at radius 3 is 3.28 bits per heavy atom. The number of aliphatic hydroxyl groups is 1. The van der Waals surface area contributed by atoms with Crippen LogP contribution in [0.25, 0.3) is 0 Å². The van der Waals surface area contributed by atoms with Gasteiger partial charge in [-0.2, -0.15) is 0 Å². The molecule has 0 spiro atoms. The largest absolute Gasteiger partial charge is 0.394 e. The number of aromatic amines is 1. The van der Waals surface area contributed by atoms with Crippen molar-refractivity contribution in [3.05, 3.63) is 12.0 Å². The van der Waals surface area contributed by atoms with Crippen LogP contribution in [0.4, 0.5) is 5.82 Å². The normalized spacial score (nSPS) is 20.1. The van der Waals surface area contributed by atoms with Gasteiger partial charge < -0.3 is 25.5 Å². The van der Waals surface area contributed by atoms with Crippen molar-refractivity contribution in [3.63, 3.8) is 0 Å². The molecule has 0 fully saturated rings. The minimum Gasteiger partial charge on any atom is -0.394 e. The third kappa shape index (κ3) is 2.73. The number of nitrogens with zero attached hydrogens (tertiary/aromatic N) is 3. The second kappa shape index (κ2) is 6.01. The summed E-state index contributed by atoms with van der Waals surface area (Å²) in [5.74, 6) is 0.568. The van der Waals surface area contributed by atoms with Gasteiger partial charge in [-0.15, -0.1) is 0 Å². The van der Waals surface area contributed by atoms with Gasteiger partial charge in [0.25, 0.3) is 0 Å². The van der Waals surface area contributed by atoms with E-state index in [4.69, 9.17) is 15.6 Å². The van der Waals surface area contributed by atoms with Crippen molar-refractivity contribution in [3.8, 4) is 0 Å². The van der Waals surface area contributed by atoms with Crippen molar-refractivity contribution in [1.29, 1.82) is 0 Å². The summed E-state index contributed by atoms with van der Waals surface area (Å²) in [6.45, 7) is 0.178. The molecule has 0 aliphatic carbocycles. The minimum atomic E-state index is -0.464. The van der Waals surface area contributed by atoms with Gasteiger partial charge in [0.1, 0.15) is 12.5 Å². The molecular formula is C9H14N5O3P. The molecule has 9 heteroatoms. The number of rotatable bonds is 6. The molecule has 1 aliphatic rings. The molecule has 2 unspecified atom stereocenters. The highest BCUT2D eigenvalue weighted by Crippen LogP contribution is 2.26. The number of imidazole rings is 1. The van der Waals surface area contributed by atoms with Crippen molar-refractivity contribution in [2.75, 3.05) is 19.5 Å². The Kier molecular flexibility index (Phi) is 4.38. The molecule has 2 atom stereocenters. The van der Waals surface area contributed by atoms with Crippen LogP contribution < -0.4 is 5.73 Å². The molecule has 0 saturated carbocycles. The lowest BCUT2D eigenvalue weighted by Crippen LogP contribution is -2.42. The molecule has 0 amide bonds. The van der Waals surface area contributed by atoms with Crippen molar-refractivity contribution < 1.29 is 14.4 Å². The van der Waals surface area contributed by atoms with Crippen LogP contribution in [-0.4, -0.2) is 51.9 Å². The van der Waals surface area contributed by atoms with E-state index in [1.54, 1.807) is 11.2 Å². The first-order chi connectivity index (χ1) is 8.76. The predicted molar refractivity (Wildman–Crippen MR) is 64.8 cm³/mol. The Balaban J connectivity index is 2.00. The Hall–Kier alpha value is -1.34. The first-order valence-electron chi connectivity index (χ1n) is 5.36. The molecule has 1 aromatic heterocycles. The van der Waals surface area contributed by atoms with Crippen LogP contribution >= 0.6 is 8.46 Å². The van der Waals surface area contributed by atoms with E-state index in [1.807, 2.05) is 0 Å². The molecule has 2 rings (SSSR count). The van der Waals surface area contributed by atoms with E-state index < -0.39 is 12.3 Å². The molecule has 18 heavy (non-hydrogen) atoms. The number of nitrogens with one attached hydrogen (secondary N) is 1. The van der Waals surface area contributed by atoms with Crippen LogP contribution in [0.5, 0.6) is 0 Å². The highest BCUT2D eigenvalue weighted by atomic mass is 31.1. The van der Waals surface area contributed by atoms with Gasteiger partial charge in [0.15, 0.2) is 14.3 Å². The highest BCUT2D eigenvalue weighted by Gasteiger charge is 2.25. The smallest absolute Gasteiger partial charge is 0.183 e. The fourth-order valence-electron chi connectivity index (χ4n) is 1.68. The van der Waals surface area contributed by atoms with Crippen molar-refractivity contribution in [1.82, 2.24) is 14.9 Å². The highest BCUT2D eigenvalue weighted by molar-refractivity contribution is 7.23. The summed E-state index contributed by atoms with van der Waals surface area (Å²) < 4.78 is 15.5. The van der Waals surface area contributed by atoms with E-state index in [9.17, 15) is 4.57 Å². The lowest BCUT2D eigenvalue weighted by Gasteiger charge is -2.31. The number of aliphatic imine (C=N–C) groups is 1. The van der Waals surface area contributed by atoms with E-state index in [0.717, 1.165) is 5.69 Å². The zero-order chi connectivity index (χ0) is 13.0. The van der Waals surface area contributed by atoms with Gasteiger partial charge >= 0.3 is 0 Å². The van der Waals surface area contributed by atoms with Gasteiger partial charge in [-0.25, -0.2) is 9.98 Å². The van der Waals surface area contributed by atoms with Gasteiger partial charge in [0.2, 0.25) is 0 Å². The topological polar surface area (TPSA) is 117 Å². The van der Waals surface area contributed by atoms with E-state index >= 15 is 0 Å². The van der Waals surface area contributed by atoms with Gasteiger partial charge in [0, 0.05) is 6.54 Å². The summed E-state index contributed by atoms with van der Waals surface area (Å²) in [6.07, 6.45) is 2.26. The predicted octanol–water partition coefficient (Wildman–Crippen LogP) is -0.0309. The maximum absolute atomic E-state index is 10.3. The summed E-state index contributed by atoms with van der Waals surface area (Å²) in [5.41, 5.74) is 6.75. The van der Waals surface area contributed by atoms with Crippen LogP contribution in [0.2, 0.25) is 0 Å². The maximum atomic E-state index is 10.3. The summed E-state index contributed by atoms with van der Waals surface area (Å²) in [4.78, 5) is 12.8. The molecule has 0 radical (unpaired) electrons. The fraction of sp³-hybridized carbons (Fsp3) is 0.556. The third-order valence-electron chi connectivity index (χ3n) is 2.61. The molecule has 2 heterocycles. The van der Waals surface area contributed by atoms with Gasteiger partial charge in [-0.1, -0.05) is 0 Å². The third-order valence-corrected chi connectivity index (χ3v) is 2.86. The Labute approximate surface area is 105 Å². The second-order valence-electron chi connectivity index (χ2n) is 3.76. The fourth-order valence-corrected chi connectivity index (χ4v) is 1.95. The van der Waals surface area contributed by atoms with Crippen molar-refractivity contribution in [2.45, 2.75) is 12.3 Å². The van der Waals surface area contributed by atoms with E-state index in [0.29, 0.717) is 12.4 Å². The average Bonchev–Trinajstić information content (AvgIpc) is 2.86. The van der Waals surface area contributed by atoms with Crippen molar-refractivity contribution >= 4 is 20.6 Å². The summed E-state index contributed by atoms with van der Waals surface area (Å²) >= 11 is 0.